The Kier molecular flexibility index (Phi) is 6.08. The summed E-state index contributed by atoms with van der Waals surface area (Å²) < 4.78 is 14.5. The Hall–Kier alpha value is -4.19. The number of rotatable bonds is 7. The van der Waals surface area contributed by atoms with E-state index in [1.54, 1.807) is 0 Å². The molecule has 2 aromatic carbocycles. The number of primary amides is 1. The number of nitriles is 1. The van der Waals surface area contributed by atoms with Crippen molar-refractivity contribution in [1.29, 1.82) is 5.26 Å². The summed E-state index contributed by atoms with van der Waals surface area (Å²) in [5.41, 5.74) is 13.2. The van der Waals surface area contributed by atoms with E-state index >= 15 is 0 Å². The lowest BCUT2D eigenvalue weighted by molar-refractivity contribution is 0.0950. The van der Waals surface area contributed by atoms with Gasteiger partial charge in [-0.25, -0.2) is 9.07 Å². The molecule has 0 saturated heterocycles. The number of nitrogens with zero attached hydrogens (tertiary/aromatic N) is 3. The number of carbonyl (C=O) groups is 2. The van der Waals surface area contributed by atoms with Gasteiger partial charge in [0.15, 0.2) is 0 Å². The van der Waals surface area contributed by atoms with Gasteiger partial charge in [0.25, 0.3) is 5.91 Å². The number of aromatic nitrogens is 2. The Morgan fingerprint density at radius 1 is 1.10 bits per heavy atom. The molecule has 0 unspecified atom stereocenters. The number of carbonyl (C=O) groups excluding carboxylic acids is 2. The third-order valence-electron chi connectivity index (χ3n) is 4.48. The van der Waals surface area contributed by atoms with Gasteiger partial charge < -0.3 is 16.8 Å². The van der Waals surface area contributed by atoms with Crippen molar-refractivity contribution in [1.82, 2.24) is 15.1 Å². The van der Waals surface area contributed by atoms with Crippen LogP contribution in [0.25, 0.3) is 5.69 Å². The maximum Gasteiger partial charge on any atom is 0.251 e. The average molecular weight is 406 g/mol. The first-order valence-electron chi connectivity index (χ1n) is 9.12. The van der Waals surface area contributed by atoms with Gasteiger partial charge in [0.1, 0.15) is 23.3 Å². The molecule has 0 fully saturated rings. The Morgan fingerprint density at radius 2 is 1.73 bits per heavy atom. The van der Waals surface area contributed by atoms with Crippen LogP contribution in [0.4, 0.5) is 10.2 Å². The molecule has 3 rings (SSSR count). The number of anilines is 1. The monoisotopic (exact) mass is 406 g/mol. The fraction of sp³-hybridized carbons (Fsp3) is 0.143. The predicted octanol–water partition coefficient (Wildman–Crippen LogP) is 1.93. The van der Waals surface area contributed by atoms with Gasteiger partial charge >= 0.3 is 0 Å². The molecule has 0 aliphatic heterocycles. The molecule has 1 aromatic heterocycles. The summed E-state index contributed by atoms with van der Waals surface area (Å²) in [5.74, 6) is -1.06. The van der Waals surface area contributed by atoms with E-state index in [-0.39, 0.29) is 23.1 Å². The van der Waals surface area contributed by atoms with E-state index in [0.717, 1.165) is 0 Å². The molecule has 152 valence electrons. The highest BCUT2D eigenvalue weighted by molar-refractivity contribution is 5.97. The zero-order valence-electron chi connectivity index (χ0n) is 15.9. The number of nitrogen functional groups attached to an aromatic ring is 1. The van der Waals surface area contributed by atoms with Crippen molar-refractivity contribution in [2.24, 2.45) is 5.73 Å². The van der Waals surface area contributed by atoms with Gasteiger partial charge in [-0.05, 0) is 61.4 Å². The molecule has 0 atom stereocenters. The van der Waals surface area contributed by atoms with E-state index < -0.39 is 5.91 Å². The summed E-state index contributed by atoms with van der Waals surface area (Å²) in [6.45, 7) is 0.352. The lowest BCUT2D eigenvalue weighted by atomic mass is 10.1. The van der Waals surface area contributed by atoms with E-state index in [9.17, 15) is 19.2 Å². The second-order valence-electron chi connectivity index (χ2n) is 6.51. The van der Waals surface area contributed by atoms with Crippen molar-refractivity contribution >= 4 is 17.6 Å². The molecule has 0 aliphatic carbocycles. The molecule has 5 N–H and O–H groups in total. The second kappa shape index (κ2) is 8.87. The molecular weight excluding hydrogens is 387 g/mol. The van der Waals surface area contributed by atoms with Gasteiger partial charge in [-0.3, -0.25) is 9.59 Å². The van der Waals surface area contributed by atoms with Crippen molar-refractivity contribution in [3.8, 4) is 11.8 Å². The molecule has 30 heavy (non-hydrogen) atoms. The van der Waals surface area contributed by atoms with Crippen LogP contribution in [0.3, 0.4) is 0 Å². The number of aryl methyl sites for hydroxylation is 1. The molecule has 3 aromatic rings. The summed E-state index contributed by atoms with van der Waals surface area (Å²) in [5, 5.41) is 16.6. The Labute approximate surface area is 171 Å². The van der Waals surface area contributed by atoms with Crippen molar-refractivity contribution < 1.29 is 14.0 Å². The number of benzene rings is 2. The van der Waals surface area contributed by atoms with Gasteiger partial charge in [0.05, 0.1) is 11.4 Å². The quantitative estimate of drug-likeness (QED) is 0.514. The van der Waals surface area contributed by atoms with Crippen LogP contribution >= 0.6 is 0 Å². The van der Waals surface area contributed by atoms with Gasteiger partial charge in [-0.2, -0.15) is 10.4 Å². The van der Waals surface area contributed by atoms with Gasteiger partial charge in [0.2, 0.25) is 5.91 Å². The SMILES string of the molecule is N#Cc1c(CCCNC(=O)c2ccc(C(N)=O)cc2)nn(-c2ccc(F)cc2)c1N. The third kappa shape index (κ3) is 4.44. The first-order chi connectivity index (χ1) is 14.4. The molecule has 0 saturated carbocycles. The lowest BCUT2D eigenvalue weighted by Gasteiger charge is -2.05. The standard InChI is InChI=1S/C21H19FN6O2/c22-15-7-9-16(10-8-15)28-19(24)17(12-23)18(27-28)2-1-11-26-21(30)14-5-3-13(4-6-14)20(25)29/h3-10H,1-2,11,24H2,(H2,25,29)(H,26,30). The molecular formula is C21H19FN6O2. The van der Waals surface area contributed by atoms with Crippen LogP contribution in [0.15, 0.2) is 48.5 Å². The van der Waals surface area contributed by atoms with Gasteiger partial charge in [0, 0.05) is 17.7 Å². The van der Waals surface area contributed by atoms with Crippen molar-refractivity contribution in [2.75, 3.05) is 12.3 Å². The van der Waals surface area contributed by atoms with E-state index in [4.69, 9.17) is 11.5 Å². The first kappa shape index (κ1) is 20.5. The Bertz CT molecular complexity index is 1110. The zero-order valence-corrected chi connectivity index (χ0v) is 15.9. The molecule has 9 heteroatoms. The van der Waals surface area contributed by atoms with Gasteiger partial charge in [-0.1, -0.05) is 0 Å². The number of nitrogens with one attached hydrogen (secondary N) is 1. The number of amides is 2. The van der Waals surface area contributed by atoms with Crippen molar-refractivity contribution in [2.45, 2.75) is 12.8 Å². The fourth-order valence-corrected chi connectivity index (χ4v) is 2.90. The summed E-state index contributed by atoms with van der Waals surface area (Å²) >= 11 is 0. The fourth-order valence-electron chi connectivity index (χ4n) is 2.90. The minimum atomic E-state index is -0.561. The van der Waals surface area contributed by atoms with Crippen LogP contribution in [0.1, 0.15) is 38.4 Å². The molecule has 2 amide bonds. The smallest absolute Gasteiger partial charge is 0.251 e. The number of hydrogen-bond acceptors (Lipinski definition) is 5. The minimum absolute atomic E-state index is 0.178. The first-order valence-corrected chi connectivity index (χ1v) is 9.12. The molecule has 1 heterocycles. The molecule has 0 bridgehead atoms. The van der Waals surface area contributed by atoms with Crippen molar-refractivity contribution in [3.05, 3.63) is 76.7 Å². The highest BCUT2D eigenvalue weighted by atomic mass is 19.1. The van der Waals surface area contributed by atoms with Crippen LogP contribution in [-0.2, 0) is 6.42 Å². The molecule has 0 radical (unpaired) electrons. The van der Waals surface area contributed by atoms with Crippen LogP contribution in [0.2, 0.25) is 0 Å². The summed E-state index contributed by atoms with van der Waals surface area (Å²) in [6.07, 6.45) is 0.946. The third-order valence-corrected chi connectivity index (χ3v) is 4.48. The zero-order chi connectivity index (χ0) is 21.7. The topological polar surface area (TPSA) is 140 Å². The number of hydrogen-bond donors (Lipinski definition) is 3. The highest BCUT2D eigenvalue weighted by Gasteiger charge is 2.16. The van der Waals surface area contributed by atoms with E-state index in [0.29, 0.717) is 41.9 Å². The summed E-state index contributed by atoms with van der Waals surface area (Å²) in [7, 11) is 0. The largest absolute Gasteiger partial charge is 0.382 e. The van der Waals surface area contributed by atoms with E-state index in [1.807, 2.05) is 6.07 Å². The summed E-state index contributed by atoms with van der Waals surface area (Å²) in [6, 6.07) is 13.7. The van der Waals surface area contributed by atoms with Crippen LogP contribution in [0, 0.1) is 17.1 Å². The van der Waals surface area contributed by atoms with Crippen LogP contribution in [0.5, 0.6) is 0 Å². The van der Waals surface area contributed by atoms with Crippen LogP contribution < -0.4 is 16.8 Å². The van der Waals surface area contributed by atoms with E-state index in [2.05, 4.69) is 10.4 Å². The maximum atomic E-state index is 13.1. The minimum Gasteiger partial charge on any atom is -0.382 e. The van der Waals surface area contributed by atoms with E-state index in [1.165, 1.54) is 53.2 Å². The molecule has 8 nitrogen and oxygen atoms in total. The summed E-state index contributed by atoms with van der Waals surface area (Å²) in [4.78, 5) is 23.3. The Morgan fingerprint density at radius 3 is 2.33 bits per heavy atom. The lowest BCUT2D eigenvalue weighted by Crippen LogP contribution is -2.25. The maximum absolute atomic E-state index is 13.1. The molecule has 0 spiro atoms. The number of halogens is 1. The van der Waals surface area contributed by atoms with Gasteiger partial charge in [-0.15, -0.1) is 0 Å². The Balaban J connectivity index is 1.61. The predicted molar refractivity (Wildman–Crippen MR) is 108 cm³/mol. The highest BCUT2D eigenvalue weighted by Crippen LogP contribution is 2.21. The van der Waals surface area contributed by atoms with Crippen molar-refractivity contribution in [3.63, 3.8) is 0 Å². The second-order valence-corrected chi connectivity index (χ2v) is 6.51. The molecule has 0 aliphatic rings. The van der Waals surface area contributed by atoms with Crippen LogP contribution in [-0.4, -0.2) is 28.1 Å². The average Bonchev–Trinajstić information content (AvgIpc) is 3.06. The number of nitrogens with two attached hydrogens (primary N) is 2. The normalized spacial score (nSPS) is 10.4.